The van der Waals surface area contributed by atoms with Crippen LogP contribution in [-0.4, -0.2) is 19.1 Å². The van der Waals surface area contributed by atoms with Crippen molar-refractivity contribution in [2.24, 2.45) is 0 Å². The van der Waals surface area contributed by atoms with E-state index in [-0.39, 0.29) is 0 Å². The zero-order chi connectivity index (χ0) is 64.1. The van der Waals surface area contributed by atoms with Crippen LogP contribution in [0.2, 0.25) is 0 Å². The van der Waals surface area contributed by atoms with Crippen LogP contribution < -0.4 is 0 Å². The predicted octanol–water partition coefficient (Wildman–Crippen LogP) is 25.4. The first kappa shape index (κ1) is 54.4. The lowest BCUT2D eigenvalue weighted by molar-refractivity contribution is 1.18. The zero-order valence-electron chi connectivity index (χ0n) is 53.1. The van der Waals surface area contributed by atoms with Crippen molar-refractivity contribution in [3.05, 3.63) is 340 Å². The standard InChI is InChI=1S/C50H29N.C44H27N3/c1-2-18-36-33(15-1)38-25-12-24-37-32(27-28-42(36)46(37)38)30-13-11-14-31(29-30)51-45-26-10-9-23-44(45)49-48-40-20-6-4-17-35(40)34-16-3-5-19-39(34)47(48)41-21-7-8-22-43(41)50(49)51;1-2-13-29(14-3-1)42-35-18-8-10-20-38(35)45-44(46-42)30-22-25-31(26-23-30)47-39-21-11-9-19-36(39)41-37-27-24-28-12-4-5-15-32(28)40(37)33-16-6-7-17-34(33)43(41)47/h1-29H;1-27H. The van der Waals surface area contributed by atoms with Gasteiger partial charge in [-0.15, -0.1) is 0 Å². The van der Waals surface area contributed by atoms with E-state index in [4.69, 9.17) is 9.97 Å². The Hall–Kier alpha value is -13.0. The van der Waals surface area contributed by atoms with E-state index in [9.17, 15) is 0 Å². The number of fused-ring (bicyclic) bond motifs is 27. The molecule has 1 aliphatic carbocycles. The Morgan fingerprint density at radius 1 is 0.204 bits per heavy atom. The lowest BCUT2D eigenvalue weighted by Crippen LogP contribution is -1.97. The van der Waals surface area contributed by atoms with Gasteiger partial charge < -0.3 is 9.13 Å². The third-order valence-electron chi connectivity index (χ3n) is 21.0. The summed E-state index contributed by atoms with van der Waals surface area (Å²) >= 11 is 0. The highest BCUT2D eigenvalue weighted by Crippen LogP contribution is 2.52. The number of aromatic nitrogens is 4. The molecule has 0 fully saturated rings. The van der Waals surface area contributed by atoms with Gasteiger partial charge in [0.1, 0.15) is 0 Å². The third kappa shape index (κ3) is 7.88. The minimum atomic E-state index is 0.722. The van der Waals surface area contributed by atoms with Crippen molar-refractivity contribution >= 4 is 141 Å². The van der Waals surface area contributed by atoms with Crippen LogP contribution in [-0.2, 0) is 0 Å². The fraction of sp³-hybridized carbons (Fsp3) is 0. The molecule has 22 rings (SSSR count). The maximum atomic E-state index is 5.12. The zero-order valence-corrected chi connectivity index (χ0v) is 53.1. The van der Waals surface area contributed by atoms with Crippen molar-refractivity contribution in [2.75, 3.05) is 0 Å². The molecule has 0 bridgehead atoms. The molecule has 98 heavy (non-hydrogen) atoms. The summed E-state index contributed by atoms with van der Waals surface area (Å²) < 4.78 is 4.96. The second-order valence-corrected chi connectivity index (χ2v) is 26.1. The molecule has 0 amide bonds. The average Bonchev–Trinajstić information content (AvgIpc) is 1.41. The summed E-state index contributed by atoms with van der Waals surface area (Å²) in [6, 6.07) is 124. The molecule has 452 valence electrons. The first-order valence-electron chi connectivity index (χ1n) is 33.8. The van der Waals surface area contributed by atoms with Crippen LogP contribution in [0.25, 0.3) is 208 Å². The Morgan fingerprint density at radius 3 is 1.39 bits per heavy atom. The van der Waals surface area contributed by atoms with Crippen LogP contribution >= 0.6 is 0 Å². The van der Waals surface area contributed by atoms with Crippen LogP contribution in [0.4, 0.5) is 0 Å². The maximum absolute atomic E-state index is 5.12. The van der Waals surface area contributed by atoms with Gasteiger partial charge in [-0.3, -0.25) is 0 Å². The van der Waals surface area contributed by atoms with Gasteiger partial charge in [-0.2, -0.15) is 0 Å². The van der Waals surface area contributed by atoms with E-state index in [0.29, 0.717) is 0 Å². The van der Waals surface area contributed by atoms with Crippen molar-refractivity contribution in [3.8, 4) is 67.4 Å². The molecule has 4 nitrogen and oxygen atoms in total. The molecule has 4 heteroatoms. The topological polar surface area (TPSA) is 35.6 Å². The van der Waals surface area contributed by atoms with Crippen LogP contribution in [0.15, 0.2) is 340 Å². The molecule has 0 unspecified atom stereocenters. The number of rotatable bonds is 5. The Balaban J connectivity index is 0.000000130. The van der Waals surface area contributed by atoms with Crippen LogP contribution in [0.3, 0.4) is 0 Å². The summed E-state index contributed by atoms with van der Waals surface area (Å²) in [6.45, 7) is 0. The van der Waals surface area contributed by atoms with Crippen molar-refractivity contribution in [3.63, 3.8) is 0 Å². The third-order valence-corrected chi connectivity index (χ3v) is 21.0. The molecule has 3 aromatic heterocycles. The van der Waals surface area contributed by atoms with Gasteiger partial charge in [0.2, 0.25) is 0 Å². The van der Waals surface area contributed by atoms with E-state index in [1.54, 1.807) is 0 Å². The van der Waals surface area contributed by atoms with Crippen molar-refractivity contribution in [2.45, 2.75) is 0 Å². The second-order valence-electron chi connectivity index (χ2n) is 26.1. The lowest BCUT2D eigenvalue weighted by Gasteiger charge is -2.17. The van der Waals surface area contributed by atoms with Gasteiger partial charge in [-0.1, -0.05) is 285 Å². The molecule has 0 saturated carbocycles. The van der Waals surface area contributed by atoms with Crippen molar-refractivity contribution in [1.29, 1.82) is 0 Å². The first-order valence-corrected chi connectivity index (χ1v) is 33.8. The molecule has 21 aromatic rings. The fourth-order valence-electron chi connectivity index (χ4n) is 17.0. The summed E-state index contributed by atoms with van der Waals surface area (Å²) in [5.74, 6) is 0.722. The molecule has 3 heterocycles. The highest BCUT2D eigenvalue weighted by Gasteiger charge is 2.26. The summed E-state index contributed by atoms with van der Waals surface area (Å²) in [5, 5.41) is 26.9. The highest BCUT2D eigenvalue weighted by molar-refractivity contribution is 6.43. The van der Waals surface area contributed by atoms with Crippen LogP contribution in [0.1, 0.15) is 0 Å². The summed E-state index contributed by atoms with van der Waals surface area (Å²) in [5.41, 5.74) is 18.9. The number of nitrogens with zero attached hydrogens (tertiary/aromatic N) is 4. The molecule has 0 atom stereocenters. The molecule has 0 aliphatic heterocycles. The van der Waals surface area contributed by atoms with Crippen molar-refractivity contribution < 1.29 is 0 Å². The Morgan fingerprint density at radius 2 is 0.684 bits per heavy atom. The van der Waals surface area contributed by atoms with E-state index >= 15 is 0 Å². The Kier molecular flexibility index (Phi) is 11.8. The lowest BCUT2D eigenvalue weighted by atomic mass is 9.88. The van der Waals surface area contributed by atoms with Gasteiger partial charge in [0.15, 0.2) is 5.82 Å². The maximum Gasteiger partial charge on any atom is 0.160 e. The van der Waals surface area contributed by atoms with Gasteiger partial charge in [0.25, 0.3) is 0 Å². The summed E-state index contributed by atoms with van der Waals surface area (Å²) in [4.78, 5) is 10.1. The predicted molar refractivity (Wildman–Crippen MR) is 415 cm³/mol. The van der Waals surface area contributed by atoms with Gasteiger partial charge in [-0.05, 0) is 158 Å². The van der Waals surface area contributed by atoms with E-state index in [1.807, 2.05) is 18.2 Å². The summed E-state index contributed by atoms with van der Waals surface area (Å²) in [6.07, 6.45) is 0. The SMILES string of the molecule is c1cc(-c2ccc3c4c(cccc24)-c2ccccc2-3)cc(-n2c3ccccc3c3c4c5ccccc5c5ccccc5c4c4ccccc4c32)c1.c1ccc(-c2nc(-c3ccc(-n4c5ccccc5c5c6ccc7ccccc7c6c6ccccc6c54)cc3)nc3ccccc23)cc1. The monoisotopic (exact) mass is 1240 g/mol. The quantitative estimate of drug-likeness (QED) is 0.161. The summed E-state index contributed by atoms with van der Waals surface area (Å²) in [7, 11) is 0. The molecular formula is C94H56N4. The molecule has 0 N–H and O–H groups in total. The van der Waals surface area contributed by atoms with E-state index in [0.717, 1.165) is 39.2 Å². The number of benzene rings is 18. The van der Waals surface area contributed by atoms with E-state index in [1.165, 1.54) is 169 Å². The second kappa shape index (κ2) is 21.2. The number of hydrogen-bond acceptors (Lipinski definition) is 2. The number of para-hydroxylation sites is 3. The number of hydrogen-bond donors (Lipinski definition) is 0. The average molecular weight is 1240 g/mol. The first-order chi connectivity index (χ1) is 48.7. The van der Waals surface area contributed by atoms with Crippen molar-refractivity contribution in [1.82, 2.24) is 19.1 Å². The van der Waals surface area contributed by atoms with Crippen LogP contribution in [0.5, 0.6) is 0 Å². The van der Waals surface area contributed by atoms with E-state index in [2.05, 4.69) is 331 Å². The minimum Gasteiger partial charge on any atom is -0.309 e. The molecule has 18 aromatic carbocycles. The van der Waals surface area contributed by atoms with Gasteiger partial charge in [0, 0.05) is 65.6 Å². The highest BCUT2D eigenvalue weighted by atomic mass is 15.0. The Bertz CT molecular complexity index is 6950. The fourth-order valence-corrected chi connectivity index (χ4v) is 17.0. The molecule has 0 spiro atoms. The molecule has 0 saturated heterocycles. The minimum absolute atomic E-state index is 0.722. The smallest absolute Gasteiger partial charge is 0.160 e. The van der Waals surface area contributed by atoms with E-state index < -0.39 is 0 Å². The van der Waals surface area contributed by atoms with Gasteiger partial charge >= 0.3 is 0 Å². The largest absolute Gasteiger partial charge is 0.309 e. The molecular weight excluding hydrogens is 1190 g/mol. The molecule has 0 radical (unpaired) electrons. The van der Waals surface area contributed by atoms with Crippen LogP contribution in [0, 0.1) is 0 Å². The van der Waals surface area contributed by atoms with Gasteiger partial charge in [-0.25, -0.2) is 9.97 Å². The Labute approximate surface area is 563 Å². The molecule has 1 aliphatic rings. The normalized spacial score (nSPS) is 12.1. The van der Waals surface area contributed by atoms with Gasteiger partial charge in [0.05, 0.1) is 33.3 Å².